The molecule has 9 nitrogen and oxygen atoms in total. The Morgan fingerprint density at radius 1 is 1.12 bits per heavy atom. The zero-order valence-electron chi connectivity index (χ0n) is 17.1. The molecule has 11 heteroatoms. The van der Waals surface area contributed by atoms with E-state index in [4.69, 9.17) is 28.3 Å². The molecule has 0 atom stereocenters. The maximum absolute atomic E-state index is 13.3. The minimum absolute atomic E-state index is 0.00158. The van der Waals surface area contributed by atoms with Crippen molar-refractivity contribution in [1.29, 1.82) is 0 Å². The Morgan fingerprint density at radius 2 is 1.82 bits per heavy atom. The topological polar surface area (TPSA) is 130 Å². The Bertz CT molecular complexity index is 1280. The van der Waals surface area contributed by atoms with Crippen molar-refractivity contribution in [3.63, 3.8) is 0 Å². The highest BCUT2D eigenvalue weighted by Crippen LogP contribution is 2.32. The molecule has 0 spiro atoms. The van der Waals surface area contributed by atoms with Crippen LogP contribution in [0.3, 0.4) is 0 Å². The van der Waals surface area contributed by atoms with Crippen LogP contribution in [-0.2, 0) is 9.59 Å². The predicted octanol–water partition coefficient (Wildman–Crippen LogP) is 3.58. The third-order valence-electron chi connectivity index (χ3n) is 5.17. The second kappa shape index (κ2) is 9.21. The molecule has 3 N–H and O–H groups in total. The maximum Gasteiger partial charge on any atom is 0.305 e. The molecule has 0 saturated heterocycles. The van der Waals surface area contributed by atoms with Crippen LogP contribution < -0.4 is 10.6 Å². The number of amides is 2. The third kappa shape index (κ3) is 4.84. The standard InChI is InChI=1S/C22H18Cl2N4O5/c23-14-9-12(20(31)26-7-4-17(29)30)10-15(24)18(14)22(33)28-8-5-13-16(28)3-6-25-19(13)27-21(32)11-1-2-11/h3,5-6,8-11H,1-2,4,7H2,(H,26,31)(H,29,30)(H,25,27,32). The number of benzene rings is 1. The number of hydrogen-bond acceptors (Lipinski definition) is 5. The number of nitrogens with zero attached hydrogens (tertiary/aromatic N) is 2. The van der Waals surface area contributed by atoms with Crippen LogP contribution in [0.15, 0.2) is 36.7 Å². The minimum Gasteiger partial charge on any atom is -0.481 e. The third-order valence-corrected chi connectivity index (χ3v) is 5.76. The molecule has 1 aliphatic carbocycles. The lowest BCUT2D eigenvalue weighted by atomic mass is 10.1. The second-order valence-electron chi connectivity index (χ2n) is 7.56. The number of halogens is 2. The Morgan fingerprint density at radius 3 is 2.45 bits per heavy atom. The number of carbonyl (C=O) groups excluding carboxylic acids is 3. The monoisotopic (exact) mass is 488 g/mol. The summed E-state index contributed by atoms with van der Waals surface area (Å²) in [5, 5.41) is 14.4. The number of carbonyl (C=O) groups is 4. The lowest BCUT2D eigenvalue weighted by molar-refractivity contribution is -0.136. The van der Waals surface area contributed by atoms with E-state index in [1.807, 2.05) is 0 Å². The lowest BCUT2D eigenvalue weighted by Gasteiger charge is -2.11. The highest BCUT2D eigenvalue weighted by Gasteiger charge is 2.30. The normalized spacial score (nSPS) is 13.0. The molecule has 0 aliphatic heterocycles. The van der Waals surface area contributed by atoms with Gasteiger partial charge in [-0.1, -0.05) is 23.2 Å². The van der Waals surface area contributed by atoms with E-state index in [1.165, 1.54) is 29.1 Å². The van der Waals surface area contributed by atoms with Crippen LogP contribution in [0, 0.1) is 5.92 Å². The Labute approximate surface area is 197 Å². The molecular formula is C22H18Cl2N4O5. The number of aliphatic carboxylic acids is 1. The van der Waals surface area contributed by atoms with Crippen LogP contribution >= 0.6 is 23.2 Å². The Hall–Kier alpha value is -3.43. The van der Waals surface area contributed by atoms with Gasteiger partial charge < -0.3 is 15.7 Å². The van der Waals surface area contributed by atoms with Crippen molar-refractivity contribution in [2.24, 2.45) is 5.92 Å². The van der Waals surface area contributed by atoms with Crippen LogP contribution in [0.2, 0.25) is 10.0 Å². The van der Waals surface area contributed by atoms with Gasteiger partial charge in [-0.3, -0.25) is 23.7 Å². The number of nitrogens with one attached hydrogen (secondary N) is 2. The average Bonchev–Trinajstić information content (AvgIpc) is 3.52. The number of carboxylic acids is 1. The van der Waals surface area contributed by atoms with Crippen LogP contribution in [0.1, 0.15) is 40.0 Å². The number of carboxylic acid groups (broad SMARTS) is 1. The van der Waals surface area contributed by atoms with E-state index in [-0.39, 0.29) is 46.0 Å². The molecule has 0 radical (unpaired) electrons. The fourth-order valence-electron chi connectivity index (χ4n) is 3.32. The fourth-order valence-corrected chi connectivity index (χ4v) is 3.97. The molecule has 3 aromatic rings. The van der Waals surface area contributed by atoms with Gasteiger partial charge in [0.1, 0.15) is 5.82 Å². The lowest BCUT2D eigenvalue weighted by Crippen LogP contribution is -2.26. The van der Waals surface area contributed by atoms with Crippen molar-refractivity contribution >= 4 is 63.6 Å². The van der Waals surface area contributed by atoms with Gasteiger partial charge in [0.15, 0.2) is 0 Å². The summed E-state index contributed by atoms with van der Waals surface area (Å²) < 4.78 is 1.34. The van der Waals surface area contributed by atoms with Gasteiger partial charge in [0.25, 0.3) is 11.8 Å². The molecule has 1 saturated carbocycles. The second-order valence-corrected chi connectivity index (χ2v) is 8.38. The van der Waals surface area contributed by atoms with E-state index in [9.17, 15) is 19.2 Å². The molecule has 2 amide bonds. The van der Waals surface area contributed by atoms with Gasteiger partial charge >= 0.3 is 5.97 Å². The van der Waals surface area contributed by atoms with E-state index in [0.717, 1.165) is 12.8 Å². The number of hydrogen-bond donors (Lipinski definition) is 3. The first-order chi connectivity index (χ1) is 15.8. The minimum atomic E-state index is -1.04. The van der Waals surface area contributed by atoms with Crippen molar-refractivity contribution < 1.29 is 24.3 Å². The largest absolute Gasteiger partial charge is 0.481 e. The molecule has 0 unspecified atom stereocenters. The summed E-state index contributed by atoms with van der Waals surface area (Å²) in [5.41, 5.74) is 0.598. The highest BCUT2D eigenvalue weighted by molar-refractivity contribution is 6.40. The summed E-state index contributed by atoms with van der Waals surface area (Å²) in [6, 6.07) is 5.89. The number of anilines is 1. The van der Waals surface area contributed by atoms with Crippen LogP contribution in [0.4, 0.5) is 5.82 Å². The molecule has 170 valence electrons. The SMILES string of the molecule is O=C(O)CCNC(=O)c1cc(Cl)c(C(=O)n2ccc3c(NC(=O)C4CC4)nccc32)c(Cl)c1. The molecule has 4 rings (SSSR count). The molecule has 33 heavy (non-hydrogen) atoms. The summed E-state index contributed by atoms with van der Waals surface area (Å²) in [4.78, 5) is 52.5. The van der Waals surface area contributed by atoms with Gasteiger partial charge in [-0.25, -0.2) is 4.98 Å². The molecule has 2 heterocycles. The van der Waals surface area contributed by atoms with Gasteiger partial charge in [-0.2, -0.15) is 0 Å². The summed E-state index contributed by atoms with van der Waals surface area (Å²) in [7, 11) is 0. The van der Waals surface area contributed by atoms with Crippen LogP contribution in [0.5, 0.6) is 0 Å². The summed E-state index contributed by atoms with van der Waals surface area (Å²) in [5.74, 6) is -1.87. The van der Waals surface area contributed by atoms with Crippen molar-refractivity contribution in [2.75, 3.05) is 11.9 Å². The number of aromatic nitrogens is 2. The van der Waals surface area contributed by atoms with Gasteiger partial charge in [0, 0.05) is 35.8 Å². The predicted molar refractivity (Wildman–Crippen MR) is 122 cm³/mol. The Balaban J connectivity index is 1.60. The number of pyridine rings is 1. The first-order valence-corrected chi connectivity index (χ1v) is 10.8. The van der Waals surface area contributed by atoms with E-state index < -0.39 is 17.8 Å². The molecule has 1 fully saturated rings. The summed E-state index contributed by atoms with van der Waals surface area (Å²) >= 11 is 12.6. The van der Waals surface area contributed by atoms with E-state index >= 15 is 0 Å². The molecular weight excluding hydrogens is 471 g/mol. The first kappa shape index (κ1) is 22.8. The average molecular weight is 489 g/mol. The zero-order valence-corrected chi connectivity index (χ0v) is 18.6. The zero-order chi connectivity index (χ0) is 23.7. The van der Waals surface area contributed by atoms with Gasteiger partial charge in [0.2, 0.25) is 5.91 Å². The summed E-state index contributed by atoms with van der Waals surface area (Å²) in [6.07, 6.45) is 4.49. The maximum atomic E-state index is 13.3. The van der Waals surface area contributed by atoms with Crippen LogP contribution in [0.25, 0.3) is 10.9 Å². The van der Waals surface area contributed by atoms with E-state index in [1.54, 1.807) is 12.1 Å². The quantitative estimate of drug-likeness (QED) is 0.465. The number of rotatable bonds is 7. The van der Waals surface area contributed by atoms with Gasteiger partial charge in [-0.05, 0) is 37.1 Å². The van der Waals surface area contributed by atoms with E-state index in [2.05, 4.69) is 15.6 Å². The van der Waals surface area contributed by atoms with Crippen LogP contribution in [-0.4, -0.2) is 44.9 Å². The molecule has 1 aliphatic rings. The number of fused-ring (bicyclic) bond motifs is 1. The first-order valence-electron chi connectivity index (χ1n) is 10.1. The molecule has 1 aromatic carbocycles. The molecule has 0 bridgehead atoms. The Kier molecular flexibility index (Phi) is 6.35. The smallest absolute Gasteiger partial charge is 0.305 e. The van der Waals surface area contributed by atoms with Gasteiger partial charge in [0.05, 0.1) is 27.5 Å². The van der Waals surface area contributed by atoms with E-state index in [0.29, 0.717) is 16.7 Å². The van der Waals surface area contributed by atoms with Crippen molar-refractivity contribution in [3.05, 3.63) is 57.8 Å². The molecule has 2 aromatic heterocycles. The van der Waals surface area contributed by atoms with Crippen molar-refractivity contribution in [3.8, 4) is 0 Å². The highest BCUT2D eigenvalue weighted by atomic mass is 35.5. The summed E-state index contributed by atoms with van der Waals surface area (Å²) in [6.45, 7) is -0.0624. The van der Waals surface area contributed by atoms with Crippen molar-refractivity contribution in [2.45, 2.75) is 19.3 Å². The van der Waals surface area contributed by atoms with Gasteiger partial charge in [-0.15, -0.1) is 0 Å². The van der Waals surface area contributed by atoms with Crippen molar-refractivity contribution in [1.82, 2.24) is 14.9 Å². The fraction of sp³-hybridized carbons (Fsp3) is 0.227.